The van der Waals surface area contributed by atoms with Crippen molar-refractivity contribution < 1.29 is 0 Å². The molecule has 0 aliphatic rings. The molecule has 3 heteroatoms. The fraction of sp³-hybridized carbons (Fsp3) is 0.444. The lowest BCUT2D eigenvalue weighted by atomic mass is 10.4. The van der Waals surface area contributed by atoms with Crippen molar-refractivity contribution in [3.8, 4) is 0 Å². The van der Waals surface area contributed by atoms with E-state index in [-0.39, 0.29) is 0 Å². The molecule has 1 aromatic rings. The summed E-state index contributed by atoms with van der Waals surface area (Å²) in [6.45, 7) is 4.04. The Kier molecular flexibility index (Phi) is 4.64. The van der Waals surface area contributed by atoms with Crippen LogP contribution in [0.15, 0.2) is 23.9 Å². The van der Waals surface area contributed by atoms with E-state index in [2.05, 4.69) is 22.5 Å². The fourth-order valence-electron chi connectivity index (χ4n) is 0.893. The molecular weight excluding hydrogens is 168 g/mol. The number of hydrogen-bond donors (Lipinski definition) is 1. The lowest BCUT2D eigenvalue weighted by Gasteiger charge is -1.98. The predicted molar refractivity (Wildman–Crippen MR) is 53.3 cm³/mol. The maximum atomic E-state index is 4.00. The van der Waals surface area contributed by atoms with Crippen molar-refractivity contribution in [2.45, 2.75) is 19.9 Å². The predicted octanol–water partition coefficient (Wildman–Crippen LogP) is 2.20. The van der Waals surface area contributed by atoms with Crippen LogP contribution in [0.2, 0.25) is 0 Å². The molecule has 0 bridgehead atoms. The number of nitrogens with one attached hydrogen (secondary N) is 1. The second kappa shape index (κ2) is 5.91. The molecule has 0 saturated carbocycles. The minimum atomic E-state index is 0.947. The average Bonchev–Trinajstić information content (AvgIpc) is 2.57. The number of rotatable bonds is 5. The first-order valence-corrected chi connectivity index (χ1v) is 5.00. The summed E-state index contributed by atoms with van der Waals surface area (Å²) in [5.74, 6) is 0. The molecule has 0 aliphatic heterocycles. The van der Waals surface area contributed by atoms with Gasteiger partial charge in [0.25, 0.3) is 0 Å². The molecule has 0 saturated heterocycles. The molecule has 0 amide bonds. The number of nitrogens with zero attached hydrogens (tertiary/aromatic N) is 1. The molecule has 1 aromatic heterocycles. The third-order valence-corrected chi connectivity index (χ3v) is 2.29. The number of aromatic nitrogens is 1. The van der Waals surface area contributed by atoms with Crippen molar-refractivity contribution >= 4 is 11.3 Å². The van der Waals surface area contributed by atoms with Crippen LogP contribution in [0.5, 0.6) is 0 Å². The summed E-state index contributed by atoms with van der Waals surface area (Å²) in [4.78, 5) is 5.30. The summed E-state index contributed by atoms with van der Waals surface area (Å²) in [6.07, 6.45) is 7.26. The Morgan fingerprint density at radius 1 is 1.67 bits per heavy atom. The summed E-state index contributed by atoms with van der Waals surface area (Å²) in [7, 11) is 0. The molecule has 1 N–H and O–H groups in total. The molecule has 1 heterocycles. The van der Waals surface area contributed by atoms with Gasteiger partial charge in [-0.25, -0.2) is 0 Å². The van der Waals surface area contributed by atoms with E-state index in [1.54, 1.807) is 11.3 Å². The Hall–Kier alpha value is -0.670. The van der Waals surface area contributed by atoms with Crippen LogP contribution in [-0.4, -0.2) is 11.5 Å². The smallest absolute Gasteiger partial charge is 0.0794 e. The highest BCUT2D eigenvalue weighted by molar-refractivity contribution is 7.09. The maximum absolute atomic E-state index is 4.00. The Labute approximate surface area is 77.3 Å². The minimum absolute atomic E-state index is 0.947. The topological polar surface area (TPSA) is 24.9 Å². The summed E-state index contributed by atoms with van der Waals surface area (Å²) < 4.78 is 0. The molecule has 0 spiro atoms. The van der Waals surface area contributed by atoms with Gasteiger partial charge in [-0.05, 0) is 19.9 Å². The third kappa shape index (κ3) is 3.64. The van der Waals surface area contributed by atoms with E-state index in [1.807, 2.05) is 18.6 Å². The van der Waals surface area contributed by atoms with E-state index in [1.165, 1.54) is 4.88 Å². The number of allylic oxidation sites excluding steroid dienone is 1. The summed E-state index contributed by atoms with van der Waals surface area (Å²) in [6, 6.07) is 0. The van der Waals surface area contributed by atoms with Crippen molar-refractivity contribution in [2.24, 2.45) is 0 Å². The lowest BCUT2D eigenvalue weighted by molar-refractivity contribution is 0.701. The van der Waals surface area contributed by atoms with Crippen LogP contribution in [0.4, 0.5) is 0 Å². The molecular formula is C9H14N2S. The molecule has 12 heavy (non-hydrogen) atoms. The lowest BCUT2D eigenvalue weighted by Crippen LogP contribution is -2.12. The van der Waals surface area contributed by atoms with Crippen LogP contribution < -0.4 is 5.32 Å². The van der Waals surface area contributed by atoms with Crippen LogP contribution in [0.25, 0.3) is 0 Å². The quantitative estimate of drug-likeness (QED) is 0.558. The van der Waals surface area contributed by atoms with Gasteiger partial charge < -0.3 is 5.32 Å². The molecule has 1 rings (SSSR count). The second-order valence-corrected chi connectivity index (χ2v) is 3.47. The standard InChI is InChI=1S/C9H14N2S/c1-2-3-4-5-10-6-9-7-11-8-12-9/h2-3,7-8,10H,4-6H2,1H3/b3-2+. The highest BCUT2D eigenvalue weighted by Crippen LogP contribution is 2.03. The zero-order chi connectivity index (χ0) is 8.65. The zero-order valence-corrected chi connectivity index (χ0v) is 8.10. The summed E-state index contributed by atoms with van der Waals surface area (Å²) in [5.41, 5.74) is 1.86. The number of hydrogen-bond acceptors (Lipinski definition) is 3. The molecule has 2 nitrogen and oxygen atoms in total. The van der Waals surface area contributed by atoms with Gasteiger partial charge in [-0.1, -0.05) is 12.2 Å². The van der Waals surface area contributed by atoms with E-state index >= 15 is 0 Å². The van der Waals surface area contributed by atoms with Crippen molar-refractivity contribution in [3.05, 3.63) is 28.7 Å². The van der Waals surface area contributed by atoms with Gasteiger partial charge in [0.2, 0.25) is 0 Å². The van der Waals surface area contributed by atoms with E-state index in [0.29, 0.717) is 0 Å². The van der Waals surface area contributed by atoms with Crippen molar-refractivity contribution in [2.75, 3.05) is 6.54 Å². The largest absolute Gasteiger partial charge is 0.311 e. The van der Waals surface area contributed by atoms with E-state index < -0.39 is 0 Å². The molecule has 0 fully saturated rings. The molecule has 0 aliphatic carbocycles. The molecule has 0 radical (unpaired) electrons. The van der Waals surface area contributed by atoms with Gasteiger partial charge in [0.1, 0.15) is 0 Å². The first kappa shape index (κ1) is 9.42. The Balaban J connectivity index is 2.03. The van der Waals surface area contributed by atoms with E-state index in [0.717, 1.165) is 19.5 Å². The Morgan fingerprint density at radius 2 is 2.58 bits per heavy atom. The van der Waals surface area contributed by atoms with Gasteiger partial charge in [0.15, 0.2) is 0 Å². The van der Waals surface area contributed by atoms with E-state index in [9.17, 15) is 0 Å². The van der Waals surface area contributed by atoms with Gasteiger partial charge in [-0.2, -0.15) is 0 Å². The highest BCUT2D eigenvalue weighted by atomic mass is 32.1. The van der Waals surface area contributed by atoms with Gasteiger partial charge in [0.05, 0.1) is 5.51 Å². The Bertz CT molecular complexity index is 216. The summed E-state index contributed by atoms with van der Waals surface area (Å²) in [5, 5.41) is 3.34. The molecule has 66 valence electrons. The molecule has 0 aromatic carbocycles. The van der Waals surface area contributed by atoms with Crippen LogP contribution in [0.1, 0.15) is 18.2 Å². The highest BCUT2D eigenvalue weighted by Gasteiger charge is 1.91. The monoisotopic (exact) mass is 182 g/mol. The first-order chi connectivity index (χ1) is 5.93. The van der Waals surface area contributed by atoms with Crippen molar-refractivity contribution in [1.29, 1.82) is 0 Å². The van der Waals surface area contributed by atoms with Crippen LogP contribution in [0.3, 0.4) is 0 Å². The first-order valence-electron chi connectivity index (χ1n) is 4.12. The van der Waals surface area contributed by atoms with Crippen LogP contribution in [0, 0.1) is 0 Å². The van der Waals surface area contributed by atoms with E-state index in [4.69, 9.17) is 0 Å². The number of thiazole rings is 1. The normalized spacial score (nSPS) is 11.1. The second-order valence-electron chi connectivity index (χ2n) is 2.50. The van der Waals surface area contributed by atoms with Gasteiger partial charge in [0, 0.05) is 17.6 Å². The van der Waals surface area contributed by atoms with Crippen LogP contribution >= 0.6 is 11.3 Å². The SMILES string of the molecule is C/C=C/CCNCc1cncs1. The Morgan fingerprint density at radius 3 is 3.25 bits per heavy atom. The third-order valence-electron chi connectivity index (χ3n) is 1.51. The summed E-state index contributed by atoms with van der Waals surface area (Å²) >= 11 is 1.70. The molecule has 0 atom stereocenters. The van der Waals surface area contributed by atoms with Crippen molar-refractivity contribution in [3.63, 3.8) is 0 Å². The minimum Gasteiger partial charge on any atom is -0.311 e. The van der Waals surface area contributed by atoms with Crippen LogP contribution in [-0.2, 0) is 6.54 Å². The molecule has 0 unspecified atom stereocenters. The van der Waals surface area contributed by atoms with Crippen molar-refractivity contribution in [1.82, 2.24) is 10.3 Å². The van der Waals surface area contributed by atoms with Gasteiger partial charge >= 0.3 is 0 Å². The zero-order valence-electron chi connectivity index (χ0n) is 7.29. The fourth-order valence-corrected chi connectivity index (χ4v) is 1.46. The van der Waals surface area contributed by atoms with Gasteiger partial charge in [-0.3, -0.25) is 4.98 Å². The van der Waals surface area contributed by atoms with Gasteiger partial charge in [-0.15, -0.1) is 11.3 Å². The average molecular weight is 182 g/mol. The maximum Gasteiger partial charge on any atom is 0.0794 e.